The SMILES string of the molecule is Nc1nc(NCc2cccc(C(F)(F)F)c2)cc(N2CCOCC2)n1. The largest absolute Gasteiger partial charge is 0.416 e. The number of hydrogen-bond donors (Lipinski definition) is 2. The Balaban J connectivity index is 1.72. The third-order valence-corrected chi connectivity index (χ3v) is 3.79. The van der Waals surface area contributed by atoms with Crippen LogP contribution in [0.5, 0.6) is 0 Å². The summed E-state index contributed by atoms with van der Waals surface area (Å²) in [4.78, 5) is 10.3. The van der Waals surface area contributed by atoms with Crippen molar-refractivity contribution in [3.8, 4) is 0 Å². The van der Waals surface area contributed by atoms with E-state index in [-0.39, 0.29) is 12.5 Å². The normalized spacial score (nSPS) is 15.2. The molecule has 1 aromatic carbocycles. The van der Waals surface area contributed by atoms with Gasteiger partial charge in [-0.1, -0.05) is 12.1 Å². The van der Waals surface area contributed by atoms with Gasteiger partial charge in [0.25, 0.3) is 0 Å². The van der Waals surface area contributed by atoms with Gasteiger partial charge in [-0.15, -0.1) is 0 Å². The van der Waals surface area contributed by atoms with E-state index in [2.05, 4.69) is 15.3 Å². The summed E-state index contributed by atoms with van der Waals surface area (Å²) in [7, 11) is 0. The molecule has 0 aliphatic carbocycles. The van der Waals surface area contributed by atoms with E-state index in [1.54, 1.807) is 12.1 Å². The average Bonchev–Trinajstić information content (AvgIpc) is 2.60. The molecule has 1 aliphatic heterocycles. The van der Waals surface area contributed by atoms with Gasteiger partial charge in [-0.2, -0.15) is 23.1 Å². The number of halogens is 3. The lowest BCUT2D eigenvalue weighted by Crippen LogP contribution is -2.37. The number of morpholine rings is 1. The van der Waals surface area contributed by atoms with Gasteiger partial charge in [-0.05, 0) is 17.7 Å². The molecule has 1 saturated heterocycles. The fraction of sp³-hybridized carbons (Fsp3) is 0.375. The smallest absolute Gasteiger partial charge is 0.378 e. The Labute approximate surface area is 142 Å². The molecule has 1 aromatic heterocycles. The first-order chi connectivity index (χ1) is 11.9. The van der Waals surface area contributed by atoms with Crippen molar-refractivity contribution >= 4 is 17.6 Å². The minimum absolute atomic E-state index is 0.107. The summed E-state index contributed by atoms with van der Waals surface area (Å²) in [6.07, 6.45) is -4.36. The van der Waals surface area contributed by atoms with Gasteiger partial charge in [0.15, 0.2) is 0 Å². The number of nitrogen functional groups attached to an aromatic ring is 1. The highest BCUT2D eigenvalue weighted by molar-refractivity contribution is 5.53. The van der Waals surface area contributed by atoms with E-state index in [4.69, 9.17) is 10.5 Å². The van der Waals surface area contributed by atoms with Crippen LogP contribution >= 0.6 is 0 Å². The van der Waals surface area contributed by atoms with Gasteiger partial charge in [-0.3, -0.25) is 0 Å². The van der Waals surface area contributed by atoms with Crippen LogP contribution in [0.15, 0.2) is 30.3 Å². The van der Waals surface area contributed by atoms with Crippen molar-refractivity contribution < 1.29 is 17.9 Å². The van der Waals surface area contributed by atoms with E-state index in [0.29, 0.717) is 43.5 Å². The molecule has 0 atom stereocenters. The summed E-state index contributed by atoms with van der Waals surface area (Å²) >= 11 is 0. The third-order valence-electron chi connectivity index (χ3n) is 3.79. The topological polar surface area (TPSA) is 76.3 Å². The molecule has 25 heavy (non-hydrogen) atoms. The van der Waals surface area contributed by atoms with Gasteiger partial charge < -0.3 is 20.7 Å². The highest BCUT2D eigenvalue weighted by Gasteiger charge is 2.30. The van der Waals surface area contributed by atoms with Crippen molar-refractivity contribution in [3.05, 3.63) is 41.5 Å². The van der Waals surface area contributed by atoms with Crippen molar-refractivity contribution in [1.29, 1.82) is 0 Å². The van der Waals surface area contributed by atoms with Crippen LogP contribution in [0.4, 0.5) is 30.8 Å². The summed E-state index contributed by atoms with van der Waals surface area (Å²) in [6.45, 7) is 2.81. The maximum atomic E-state index is 12.8. The van der Waals surface area contributed by atoms with Gasteiger partial charge in [0.2, 0.25) is 5.95 Å². The van der Waals surface area contributed by atoms with Gasteiger partial charge in [0.1, 0.15) is 11.6 Å². The van der Waals surface area contributed by atoms with Crippen LogP contribution in [0.3, 0.4) is 0 Å². The molecular weight excluding hydrogens is 335 g/mol. The molecule has 1 aliphatic rings. The Morgan fingerprint density at radius 1 is 1.16 bits per heavy atom. The monoisotopic (exact) mass is 353 g/mol. The van der Waals surface area contributed by atoms with E-state index in [9.17, 15) is 13.2 Å². The van der Waals surface area contributed by atoms with Crippen LogP contribution < -0.4 is 16.0 Å². The first kappa shape index (κ1) is 17.3. The number of nitrogens with one attached hydrogen (secondary N) is 1. The van der Waals surface area contributed by atoms with E-state index in [1.165, 1.54) is 6.07 Å². The number of benzene rings is 1. The van der Waals surface area contributed by atoms with Gasteiger partial charge >= 0.3 is 6.18 Å². The number of ether oxygens (including phenoxy) is 1. The minimum atomic E-state index is -4.36. The van der Waals surface area contributed by atoms with Crippen molar-refractivity contribution in [2.24, 2.45) is 0 Å². The van der Waals surface area contributed by atoms with E-state index in [1.807, 2.05) is 4.90 Å². The fourth-order valence-electron chi connectivity index (χ4n) is 2.55. The predicted molar refractivity (Wildman–Crippen MR) is 88.2 cm³/mol. The number of aromatic nitrogens is 2. The molecule has 0 amide bonds. The highest BCUT2D eigenvalue weighted by Crippen LogP contribution is 2.29. The number of anilines is 3. The van der Waals surface area contributed by atoms with Crippen LogP contribution in [0.25, 0.3) is 0 Å². The maximum Gasteiger partial charge on any atom is 0.416 e. The van der Waals surface area contributed by atoms with E-state index in [0.717, 1.165) is 12.1 Å². The first-order valence-corrected chi connectivity index (χ1v) is 7.79. The summed E-state index contributed by atoms with van der Waals surface area (Å²) in [5, 5.41) is 3.00. The second-order valence-electron chi connectivity index (χ2n) is 5.62. The standard InChI is InChI=1S/C16H18F3N5O/c17-16(18,19)12-3-1-2-11(8-12)10-21-13-9-14(23-15(20)22-13)24-4-6-25-7-5-24/h1-3,8-9H,4-7,10H2,(H3,20,21,22,23). The number of nitrogens with zero attached hydrogens (tertiary/aromatic N) is 3. The Kier molecular flexibility index (Phi) is 4.93. The molecule has 6 nitrogen and oxygen atoms in total. The lowest BCUT2D eigenvalue weighted by atomic mass is 10.1. The summed E-state index contributed by atoms with van der Waals surface area (Å²) in [5.74, 6) is 1.24. The van der Waals surface area contributed by atoms with E-state index >= 15 is 0 Å². The molecule has 3 N–H and O–H groups in total. The molecule has 3 rings (SSSR count). The average molecular weight is 353 g/mol. The maximum absolute atomic E-state index is 12.8. The molecule has 0 saturated carbocycles. The fourth-order valence-corrected chi connectivity index (χ4v) is 2.55. The van der Waals surface area contributed by atoms with Gasteiger partial charge in [0.05, 0.1) is 18.8 Å². The Morgan fingerprint density at radius 3 is 2.64 bits per heavy atom. The molecule has 0 bridgehead atoms. The molecule has 0 radical (unpaired) electrons. The van der Waals surface area contributed by atoms with Gasteiger partial charge in [-0.25, -0.2) is 0 Å². The molecule has 0 unspecified atom stereocenters. The summed E-state index contributed by atoms with van der Waals surface area (Å²) in [5.41, 5.74) is 5.57. The zero-order valence-electron chi connectivity index (χ0n) is 13.4. The second kappa shape index (κ2) is 7.14. The van der Waals surface area contributed by atoms with Gasteiger partial charge in [0, 0.05) is 25.7 Å². The van der Waals surface area contributed by atoms with Crippen LogP contribution in [-0.2, 0) is 17.5 Å². The lowest BCUT2D eigenvalue weighted by Gasteiger charge is -2.28. The van der Waals surface area contributed by atoms with Crippen molar-refractivity contribution in [2.45, 2.75) is 12.7 Å². The number of rotatable bonds is 4. The zero-order chi connectivity index (χ0) is 17.9. The number of hydrogen-bond acceptors (Lipinski definition) is 6. The van der Waals surface area contributed by atoms with Crippen LogP contribution in [0.1, 0.15) is 11.1 Å². The first-order valence-electron chi connectivity index (χ1n) is 7.79. The molecule has 134 valence electrons. The Hall–Kier alpha value is -2.55. The molecule has 0 spiro atoms. The summed E-state index contributed by atoms with van der Waals surface area (Å²) in [6, 6.07) is 6.89. The lowest BCUT2D eigenvalue weighted by molar-refractivity contribution is -0.137. The minimum Gasteiger partial charge on any atom is -0.378 e. The molecule has 2 aromatic rings. The third kappa shape index (κ3) is 4.50. The van der Waals surface area contributed by atoms with Crippen molar-refractivity contribution in [2.75, 3.05) is 42.3 Å². The summed E-state index contributed by atoms with van der Waals surface area (Å²) < 4.78 is 43.6. The molecule has 2 heterocycles. The van der Waals surface area contributed by atoms with E-state index < -0.39 is 11.7 Å². The van der Waals surface area contributed by atoms with Crippen LogP contribution in [-0.4, -0.2) is 36.3 Å². The Morgan fingerprint density at radius 2 is 1.92 bits per heavy atom. The van der Waals surface area contributed by atoms with Crippen LogP contribution in [0.2, 0.25) is 0 Å². The number of alkyl halides is 3. The quantitative estimate of drug-likeness (QED) is 0.880. The van der Waals surface area contributed by atoms with Crippen molar-refractivity contribution in [3.63, 3.8) is 0 Å². The predicted octanol–water partition coefficient (Wildman–Crippen LogP) is 2.53. The molecule has 1 fully saturated rings. The van der Waals surface area contributed by atoms with Crippen LogP contribution in [0, 0.1) is 0 Å². The zero-order valence-corrected chi connectivity index (χ0v) is 13.4. The Bertz CT molecular complexity index is 732. The second-order valence-corrected chi connectivity index (χ2v) is 5.62. The van der Waals surface area contributed by atoms with Crippen molar-refractivity contribution in [1.82, 2.24) is 9.97 Å². The molecular formula is C16H18F3N5O. The highest BCUT2D eigenvalue weighted by atomic mass is 19.4. The molecule has 9 heteroatoms. The number of nitrogens with two attached hydrogens (primary N) is 1.